The van der Waals surface area contributed by atoms with Crippen LogP contribution >= 0.6 is 0 Å². The van der Waals surface area contributed by atoms with Crippen molar-refractivity contribution in [2.24, 2.45) is 4.99 Å². The molecule has 1 aromatic carbocycles. The van der Waals surface area contributed by atoms with Gasteiger partial charge in [0.25, 0.3) is 0 Å². The van der Waals surface area contributed by atoms with Gasteiger partial charge < -0.3 is 5.32 Å². The van der Waals surface area contributed by atoms with Gasteiger partial charge in [0.2, 0.25) is 0 Å². The smallest absolute Gasteiger partial charge is 0.0987 e. The molecule has 0 saturated heterocycles. The number of aromatic nitrogens is 2. The van der Waals surface area contributed by atoms with E-state index in [-0.39, 0.29) is 0 Å². The molecular weight excluding hydrogens is 224 g/mol. The van der Waals surface area contributed by atoms with Gasteiger partial charge in [0.15, 0.2) is 0 Å². The Balaban J connectivity index is 2.65. The van der Waals surface area contributed by atoms with Gasteiger partial charge in [-0.15, -0.1) is 0 Å². The minimum Gasteiger partial charge on any atom is -0.386 e. The van der Waals surface area contributed by atoms with Gasteiger partial charge in [-0.25, -0.2) is 0 Å². The van der Waals surface area contributed by atoms with E-state index in [0.29, 0.717) is 0 Å². The number of nitrogens with one attached hydrogen (secondary N) is 1. The number of hydrogen-bond donors (Lipinski definition) is 1. The highest BCUT2D eigenvalue weighted by atomic mass is 14.9. The minimum absolute atomic E-state index is 0.820. The minimum atomic E-state index is 0.820. The summed E-state index contributed by atoms with van der Waals surface area (Å²) < 4.78 is 0. The number of fused-ring (bicyclic) bond motifs is 3. The van der Waals surface area contributed by atoms with Crippen LogP contribution in [0, 0.1) is 0 Å². The molecule has 4 nitrogen and oxygen atoms in total. The molecule has 0 saturated carbocycles. The molecule has 1 N–H and O–H groups in total. The van der Waals surface area contributed by atoms with E-state index in [2.05, 4.69) is 27.0 Å². The highest BCUT2D eigenvalue weighted by Crippen LogP contribution is 2.39. The fourth-order valence-electron chi connectivity index (χ4n) is 2.26. The largest absolute Gasteiger partial charge is 0.386 e. The quantitative estimate of drug-likeness (QED) is 0.549. The average molecular weight is 236 g/mol. The molecule has 0 fully saturated rings. The van der Waals surface area contributed by atoms with Crippen molar-refractivity contribution in [3.63, 3.8) is 0 Å². The summed E-state index contributed by atoms with van der Waals surface area (Å²) in [5.74, 6) is 0. The van der Waals surface area contributed by atoms with Crippen LogP contribution in [0.25, 0.3) is 21.8 Å². The third kappa shape index (κ3) is 1.35. The lowest BCUT2D eigenvalue weighted by Crippen LogP contribution is -1.94. The zero-order valence-corrected chi connectivity index (χ0v) is 10.0. The third-order valence-corrected chi connectivity index (χ3v) is 3.01. The SMILES string of the molecule is C=Nc1c(NC)c2cccnc2c2ncccc12. The van der Waals surface area contributed by atoms with E-state index >= 15 is 0 Å². The normalized spacial score (nSPS) is 10.7. The van der Waals surface area contributed by atoms with E-state index in [1.165, 1.54) is 0 Å². The first-order valence-corrected chi connectivity index (χ1v) is 5.66. The summed E-state index contributed by atoms with van der Waals surface area (Å²) in [6.45, 7) is 3.66. The van der Waals surface area contributed by atoms with Crippen molar-refractivity contribution in [1.82, 2.24) is 9.97 Å². The zero-order chi connectivity index (χ0) is 12.5. The van der Waals surface area contributed by atoms with E-state index in [9.17, 15) is 0 Å². The van der Waals surface area contributed by atoms with Gasteiger partial charge >= 0.3 is 0 Å². The molecule has 0 radical (unpaired) electrons. The van der Waals surface area contributed by atoms with Crippen LogP contribution in [-0.2, 0) is 0 Å². The lowest BCUT2D eigenvalue weighted by Gasteiger charge is -2.12. The van der Waals surface area contributed by atoms with Gasteiger partial charge in [0.1, 0.15) is 0 Å². The lowest BCUT2D eigenvalue weighted by atomic mass is 10.1. The lowest BCUT2D eigenvalue weighted by molar-refractivity contribution is 1.36. The highest BCUT2D eigenvalue weighted by molar-refractivity contribution is 6.16. The Hall–Kier alpha value is -2.49. The summed E-state index contributed by atoms with van der Waals surface area (Å²) in [7, 11) is 1.87. The summed E-state index contributed by atoms with van der Waals surface area (Å²) in [6, 6.07) is 7.80. The molecule has 0 amide bonds. The number of nitrogens with zero attached hydrogens (tertiary/aromatic N) is 3. The Kier molecular flexibility index (Phi) is 2.41. The molecule has 0 spiro atoms. The summed E-state index contributed by atoms with van der Waals surface area (Å²) in [5.41, 5.74) is 3.49. The van der Waals surface area contributed by atoms with Crippen LogP contribution in [0.2, 0.25) is 0 Å². The predicted molar refractivity (Wildman–Crippen MR) is 75.8 cm³/mol. The Morgan fingerprint density at radius 2 is 1.67 bits per heavy atom. The Morgan fingerprint density at radius 3 is 2.28 bits per heavy atom. The Morgan fingerprint density at radius 1 is 1.06 bits per heavy atom. The van der Waals surface area contributed by atoms with Gasteiger partial charge in [0, 0.05) is 30.2 Å². The van der Waals surface area contributed by atoms with Gasteiger partial charge in [0.05, 0.1) is 22.4 Å². The van der Waals surface area contributed by atoms with Crippen molar-refractivity contribution in [3.8, 4) is 0 Å². The van der Waals surface area contributed by atoms with Gasteiger partial charge in [-0.1, -0.05) is 0 Å². The number of rotatable bonds is 2. The van der Waals surface area contributed by atoms with Crippen molar-refractivity contribution in [2.45, 2.75) is 0 Å². The second-order valence-corrected chi connectivity index (χ2v) is 3.93. The third-order valence-electron chi connectivity index (χ3n) is 3.01. The molecule has 0 bridgehead atoms. The molecule has 3 aromatic rings. The van der Waals surface area contributed by atoms with Gasteiger partial charge in [-0.2, -0.15) is 0 Å². The van der Waals surface area contributed by atoms with Gasteiger partial charge in [-0.3, -0.25) is 15.0 Å². The maximum Gasteiger partial charge on any atom is 0.0987 e. The molecular formula is C14H12N4. The van der Waals surface area contributed by atoms with Crippen LogP contribution in [0.3, 0.4) is 0 Å². The van der Waals surface area contributed by atoms with E-state index in [4.69, 9.17) is 0 Å². The van der Waals surface area contributed by atoms with Crippen LogP contribution in [0.1, 0.15) is 0 Å². The molecule has 18 heavy (non-hydrogen) atoms. The first kappa shape index (κ1) is 10.7. The highest BCUT2D eigenvalue weighted by Gasteiger charge is 2.13. The van der Waals surface area contributed by atoms with Crippen molar-refractivity contribution in [2.75, 3.05) is 12.4 Å². The maximum atomic E-state index is 4.43. The Bertz CT molecular complexity index is 749. The van der Waals surface area contributed by atoms with E-state index in [1.807, 2.05) is 31.3 Å². The van der Waals surface area contributed by atoms with Crippen molar-refractivity contribution in [3.05, 3.63) is 36.7 Å². The van der Waals surface area contributed by atoms with Crippen LogP contribution in [0.5, 0.6) is 0 Å². The molecule has 2 heterocycles. The van der Waals surface area contributed by atoms with Crippen molar-refractivity contribution >= 4 is 39.9 Å². The van der Waals surface area contributed by atoms with Crippen LogP contribution in [-0.4, -0.2) is 23.7 Å². The maximum absolute atomic E-state index is 4.43. The number of hydrogen-bond acceptors (Lipinski definition) is 4. The molecule has 3 rings (SSSR count). The molecule has 0 aliphatic carbocycles. The molecule has 2 aromatic heterocycles. The number of benzene rings is 1. The van der Waals surface area contributed by atoms with Crippen LogP contribution in [0.15, 0.2) is 41.7 Å². The van der Waals surface area contributed by atoms with Crippen LogP contribution in [0.4, 0.5) is 11.4 Å². The topological polar surface area (TPSA) is 50.2 Å². The summed E-state index contributed by atoms with van der Waals surface area (Å²) in [6.07, 6.45) is 3.54. The Labute approximate surface area is 104 Å². The van der Waals surface area contributed by atoms with Crippen LogP contribution < -0.4 is 5.32 Å². The monoisotopic (exact) mass is 236 g/mol. The second kappa shape index (κ2) is 4.07. The number of anilines is 1. The summed E-state index contributed by atoms with van der Waals surface area (Å²) >= 11 is 0. The molecule has 0 aliphatic heterocycles. The standard InChI is InChI=1S/C14H12N4/c1-15-11-9-5-3-7-17-13(9)14-10(12(11)16-2)6-4-8-18-14/h3-8,16H,1H2,2H3. The van der Waals surface area contributed by atoms with Crippen molar-refractivity contribution < 1.29 is 0 Å². The van der Waals surface area contributed by atoms with E-state index in [0.717, 1.165) is 33.2 Å². The predicted octanol–water partition coefficient (Wildman–Crippen LogP) is 3.16. The molecule has 88 valence electrons. The van der Waals surface area contributed by atoms with E-state index < -0.39 is 0 Å². The number of aliphatic imine (C=N–C) groups is 1. The first-order chi connectivity index (χ1) is 8.86. The average Bonchev–Trinajstić information content (AvgIpc) is 2.45. The zero-order valence-electron chi connectivity index (χ0n) is 10.0. The molecule has 4 heteroatoms. The summed E-state index contributed by atoms with van der Waals surface area (Å²) in [4.78, 5) is 13.0. The summed E-state index contributed by atoms with van der Waals surface area (Å²) in [5, 5.41) is 5.15. The fraction of sp³-hybridized carbons (Fsp3) is 0.0714. The van der Waals surface area contributed by atoms with Crippen molar-refractivity contribution in [1.29, 1.82) is 0 Å². The number of pyridine rings is 2. The first-order valence-electron chi connectivity index (χ1n) is 5.66. The molecule has 0 unspecified atom stereocenters. The fourth-order valence-corrected chi connectivity index (χ4v) is 2.26. The molecule has 0 atom stereocenters. The second-order valence-electron chi connectivity index (χ2n) is 3.93. The van der Waals surface area contributed by atoms with E-state index in [1.54, 1.807) is 12.4 Å². The molecule has 0 aliphatic rings. The van der Waals surface area contributed by atoms with Gasteiger partial charge in [-0.05, 0) is 31.0 Å².